The summed E-state index contributed by atoms with van der Waals surface area (Å²) in [7, 11) is 3.87. The van der Waals surface area contributed by atoms with E-state index in [9.17, 15) is 18.8 Å². The van der Waals surface area contributed by atoms with E-state index in [-0.39, 0.29) is 54.3 Å². The highest BCUT2D eigenvalue weighted by Gasteiger charge is 2.71. The first kappa shape index (κ1) is 29.9. The molecule has 1 atom stereocenters. The van der Waals surface area contributed by atoms with Crippen molar-refractivity contribution in [2.24, 2.45) is 5.41 Å². The average Bonchev–Trinajstić information content (AvgIpc) is 3.14. The lowest BCUT2D eigenvalue weighted by Crippen LogP contribution is -2.66. The van der Waals surface area contributed by atoms with Crippen LogP contribution in [-0.2, 0) is 16.0 Å². The summed E-state index contributed by atoms with van der Waals surface area (Å²) >= 11 is 0. The highest BCUT2D eigenvalue weighted by molar-refractivity contribution is 6.14. The molecule has 8 nitrogen and oxygen atoms in total. The maximum atomic E-state index is 15.1. The van der Waals surface area contributed by atoms with Gasteiger partial charge in [0.25, 0.3) is 11.8 Å². The van der Waals surface area contributed by atoms with Crippen LogP contribution in [0.1, 0.15) is 42.6 Å². The number of benzene rings is 2. The van der Waals surface area contributed by atoms with Gasteiger partial charge in [-0.2, -0.15) is 13.2 Å². The molecule has 2 aromatic carbocycles. The minimum atomic E-state index is -5.37. The highest BCUT2D eigenvalue weighted by Crippen LogP contribution is 2.52. The fourth-order valence-corrected chi connectivity index (χ4v) is 5.41. The second-order valence-corrected chi connectivity index (χ2v) is 10.7. The molecule has 41 heavy (non-hydrogen) atoms. The zero-order valence-electron chi connectivity index (χ0n) is 23.2. The Balaban J connectivity index is 1.82. The maximum absolute atomic E-state index is 15.1. The SMILES string of the molecule is COc1cc(C(=O)N[C@@]2(C(F)(F)F)C(=O)N(CCc3ccc(F)cc3)C3=C2C(=O)CC(C)(C)C3)cc(OC)c1OC. The van der Waals surface area contributed by atoms with Crippen LogP contribution in [0.25, 0.3) is 0 Å². The normalized spacial score (nSPS) is 20.2. The fourth-order valence-electron chi connectivity index (χ4n) is 5.41. The van der Waals surface area contributed by atoms with Crippen molar-refractivity contribution in [1.82, 2.24) is 10.2 Å². The van der Waals surface area contributed by atoms with Crippen LogP contribution >= 0.6 is 0 Å². The number of carbonyl (C=O) groups is 3. The molecule has 0 spiro atoms. The Morgan fingerprint density at radius 1 is 0.976 bits per heavy atom. The molecule has 1 aliphatic heterocycles. The van der Waals surface area contributed by atoms with E-state index in [1.807, 2.05) is 5.32 Å². The lowest BCUT2D eigenvalue weighted by atomic mass is 9.72. The zero-order valence-corrected chi connectivity index (χ0v) is 23.2. The van der Waals surface area contributed by atoms with Crippen molar-refractivity contribution >= 4 is 17.6 Å². The number of nitrogens with one attached hydrogen (secondary N) is 1. The molecule has 2 amide bonds. The number of alkyl halides is 3. The largest absolute Gasteiger partial charge is 0.493 e. The van der Waals surface area contributed by atoms with Crippen molar-refractivity contribution in [2.75, 3.05) is 27.9 Å². The summed E-state index contributed by atoms with van der Waals surface area (Å²) in [4.78, 5) is 41.6. The summed E-state index contributed by atoms with van der Waals surface area (Å²) in [5, 5.41) is 1.90. The predicted octanol–water partition coefficient (Wildman–Crippen LogP) is 4.61. The third-order valence-corrected chi connectivity index (χ3v) is 7.31. The molecule has 2 aromatic rings. The quantitative estimate of drug-likeness (QED) is 0.460. The van der Waals surface area contributed by atoms with E-state index in [0.717, 1.165) is 17.0 Å². The van der Waals surface area contributed by atoms with Crippen LogP contribution in [0.5, 0.6) is 17.2 Å². The zero-order chi connectivity index (χ0) is 30.3. The van der Waals surface area contributed by atoms with Gasteiger partial charge in [0.05, 0.1) is 26.9 Å². The van der Waals surface area contributed by atoms with E-state index in [1.165, 1.54) is 45.6 Å². The van der Waals surface area contributed by atoms with E-state index in [2.05, 4.69) is 0 Å². The number of allylic oxidation sites excluding steroid dienone is 1. The van der Waals surface area contributed by atoms with Crippen LogP contribution in [0.15, 0.2) is 47.7 Å². The van der Waals surface area contributed by atoms with Crippen molar-refractivity contribution in [2.45, 2.75) is 44.8 Å². The molecule has 1 aliphatic carbocycles. The molecule has 0 bridgehead atoms. The van der Waals surface area contributed by atoms with E-state index in [0.29, 0.717) is 5.56 Å². The number of methoxy groups -OCH3 is 3. The van der Waals surface area contributed by atoms with Crippen LogP contribution in [0, 0.1) is 11.2 Å². The number of ketones is 1. The van der Waals surface area contributed by atoms with Gasteiger partial charge < -0.3 is 24.4 Å². The molecule has 0 aromatic heterocycles. The first-order valence-electron chi connectivity index (χ1n) is 12.7. The lowest BCUT2D eigenvalue weighted by molar-refractivity contribution is -0.190. The van der Waals surface area contributed by atoms with Crippen molar-refractivity contribution < 1.29 is 46.2 Å². The van der Waals surface area contributed by atoms with Crippen molar-refractivity contribution in [3.8, 4) is 17.2 Å². The van der Waals surface area contributed by atoms with Crippen LogP contribution in [0.4, 0.5) is 17.6 Å². The number of hydrogen-bond donors (Lipinski definition) is 1. The Hall–Kier alpha value is -4.09. The van der Waals surface area contributed by atoms with Crippen molar-refractivity contribution in [1.29, 1.82) is 0 Å². The van der Waals surface area contributed by atoms with Crippen molar-refractivity contribution in [3.05, 3.63) is 64.6 Å². The molecule has 4 rings (SSSR count). The number of hydrogen-bond acceptors (Lipinski definition) is 6. The summed E-state index contributed by atoms with van der Waals surface area (Å²) in [6, 6.07) is 7.63. The molecule has 1 N–H and O–H groups in total. The molecule has 12 heteroatoms. The van der Waals surface area contributed by atoms with Gasteiger partial charge in [-0.3, -0.25) is 14.4 Å². The summed E-state index contributed by atoms with van der Waals surface area (Å²) in [6.45, 7) is 3.23. The molecule has 0 saturated carbocycles. The summed E-state index contributed by atoms with van der Waals surface area (Å²) in [5.74, 6) is -4.00. The highest BCUT2D eigenvalue weighted by atomic mass is 19.4. The van der Waals surface area contributed by atoms with Gasteiger partial charge in [-0.05, 0) is 48.1 Å². The Labute approximate surface area is 234 Å². The van der Waals surface area contributed by atoms with Gasteiger partial charge in [-0.1, -0.05) is 26.0 Å². The van der Waals surface area contributed by atoms with Crippen LogP contribution in [0.2, 0.25) is 0 Å². The Morgan fingerprint density at radius 3 is 2.07 bits per heavy atom. The van der Waals surface area contributed by atoms with Gasteiger partial charge in [-0.25, -0.2) is 4.39 Å². The number of carbonyl (C=O) groups excluding carboxylic acids is 3. The molecule has 220 valence electrons. The number of amides is 2. The molecule has 0 fully saturated rings. The van der Waals surface area contributed by atoms with Crippen LogP contribution in [0.3, 0.4) is 0 Å². The van der Waals surface area contributed by atoms with Gasteiger partial charge in [-0.15, -0.1) is 0 Å². The van der Waals surface area contributed by atoms with Crippen LogP contribution < -0.4 is 19.5 Å². The van der Waals surface area contributed by atoms with Crippen LogP contribution in [-0.4, -0.2) is 62.1 Å². The van der Waals surface area contributed by atoms with E-state index >= 15 is 13.2 Å². The van der Waals surface area contributed by atoms with Gasteiger partial charge in [0, 0.05) is 24.2 Å². The fraction of sp³-hybridized carbons (Fsp3) is 0.414. The third-order valence-electron chi connectivity index (χ3n) is 7.31. The number of nitrogens with zero attached hydrogens (tertiary/aromatic N) is 1. The number of ether oxygens (including phenoxy) is 3. The second kappa shape index (κ2) is 10.7. The monoisotopic (exact) mass is 578 g/mol. The number of rotatable bonds is 8. The second-order valence-electron chi connectivity index (χ2n) is 10.7. The van der Waals surface area contributed by atoms with E-state index < -0.39 is 46.1 Å². The van der Waals surface area contributed by atoms with Gasteiger partial charge in [0.2, 0.25) is 11.3 Å². The van der Waals surface area contributed by atoms with E-state index in [4.69, 9.17) is 14.2 Å². The summed E-state index contributed by atoms with van der Waals surface area (Å²) in [6.07, 6.45) is -5.53. The Bertz CT molecular complexity index is 1390. The predicted molar refractivity (Wildman–Crippen MR) is 139 cm³/mol. The average molecular weight is 579 g/mol. The minimum Gasteiger partial charge on any atom is -0.493 e. The molecule has 0 unspecified atom stereocenters. The first-order chi connectivity index (χ1) is 19.2. The number of Topliss-reactive ketones (excluding diaryl/α,β-unsaturated/α-hetero) is 1. The topological polar surface area (TPSA) is 94.2 Å². The maximum Gasteiger partial charge on any atom is 0.425 e. The lowest BCUT2D eigenvalue weighted by Gasteiger charge is -2.35. The smallest absolute Gasteiger partial charge is 0.425 e. The molecule has 2 aliphatic rings. The van der Waals surface area contributed by atoms with E-state index in [1.54, 1.807) is 13.8 Å². The first-order valence-corrected chi connectivity index (χ1v) is 12.7. The van der Waals surface area contributed by atoms with Gasteiger partial charge in [0.1, 0.15) is 5.82 Å². The summed E-state index contributed by atoms with van der Waals surface area (Å²) in [5.41, 5.74) is -4.95. The molecular formula is C29H30F4N2O6. The Kier molecular flexibility index (Phi) is 7.81. The van der Waals surface area contributed by atoms with Gasteiger partial charge >= 0.3 is 6.18 Å². The summed E-state index contributed by atoms with van der Waals surface area (Å²) < 4.78 is 74.3. The third kappa shape index (κ3) is 5.22. The molecule has 0 radical (unpaired) electrons. The molecular weight excluding hydrogens is 548 g/mol. The molecule has 1 heterocycles. The minimum absolute atomic E-state index is 0.00110. The Morgan fingerprint density at radius 2 is 1.56 bits per heavy atom. The molecule has 0 saturated heterocycles. The van der Waals surface area contributed by atoms with Gasteiger partial charge in [0.15, 0.2) is 17.3 Å². The van der Waals surface area contributed by atoms with Crippen molar-refractivity contribution in [3.63, 3.8) is 0 Å². The number of halogens is 4. The standard InChI is InChI=1S/C29H30F4N2O6/c1-27(2)14-19-23(20(36)15-27)28(29(31,32)33,26(38)35(19)11-10-16-6-8-18(30)9-7-16)34-25(37)17-12-21(39-3)24(41-5)22(13-17)40-4/h6-9,12-13H,10-11,14-15H2,1-5H3,(H,34,37)/t28-/m1/s1.